The number of hydrogen-bond acceptors (Lipinski definition) is 11. The molecule has 1 unspecified atom stereocenters. The van der Waals surface area contributed by atoms with Crippen LogP contribution in [0, 0.1) is 0 Å². The van der Waals surface area contributed by atoms with Crippen LogP contribution in [0.5, 0.6) is 0 Å². The van der Waals surface area contributed by atoms with Crippen molar-refractivity contribution in [3.8, 4) is 11.3 Å². The summed E-state index contributed by atoms with van der Waals surface area (Å²) in [7, 11) is 0. The lowest BCUT2D eigenvalue weighted by molar-refractivity contribution is -0.137. The van der Waals surface area contributed by atoms with Gasteiger partial charge in [-0.3, -0.25) is 19.4 Å². The molecule has 2 aromatic heterocycles. The Balaban J connectivity index is 1.38. The first-order valence-electron chi connectivity index (χ1n) is 16.1. The van der Waals surface area contributed by atoms with Gasteiger partial charge in [-0.2, -0.15) is 0 Å². The monoisotopic (exact) mass is 676 g/mol. The van der Waals surface area contributed by atoms with Gasteiger partial charge in [0.15, 0.2) is 11.5 Å². The topological polar surface area (TPSA) is 211 Å². The number of nitrogen functional groups attached to an aromatic ring is 1. The van der Waals surface area contributed by atoms with Gasteiger partial charge in [-0.1, -0.05) is 31.2 Å². The second kappa shape index (κ2) is 16.7. The van der Waals surface area contributed by atoms with E-state index in [1.807, 2.05) is 30.3 Å². The van der Waals surface area contributed by atoms with Crippen LogP contribution < -0.4 is 26.6 Å². The van der Waals surface area contributed by atoms with Gasteiger partial charge in [0.25, 0.3) is 5.91 Å². The molecule has 15 nitrogen and oxygen atoms in total. The van der Waals surface area contributed by atoms with Crippen molar-refractivity contribution in [1.29, 1.82) is 0 Å². The highest BCUT2D eigenvalue weighted by atomic mass is 16.6. The number of carboxylic acids is 1. The number of anilines is 3. The first-order chi connectivity index (χ1) is 23.3. The SMILES string of the molecule is CCC1COCCN1c1ccncc1NC(=O)c1nc(-c2ccc(CCNC(=O)[C@H](CCC(=O)O)NC(=O)OC(C)(C)C)cc2)cnc1N. The summed E-state index contributed by atoms with van der Waals surface area (Å²) in [5.74, 6) is -2.13. The number of morpholine rings is 1. The van der Waals surface area contributed by atoms with Crippen molar-refractivity contribution in [2.24, 2.45) is 0 Å². The summed E-state index contributed by atoms with van der Waals surface area (Å²) in [6.45, 7) is 9.26. The fraction of sp³-hybridized carbons (Fsp3) is 0.441. The van der Waals surface area contributed by atoms with Gasteiger partial charge >= 0.3 is 12.1 Å². The van der Waals surface area contributed by atoms with Crippen LogP contribution in [-0.2, 0) is 25.5 Å². The van der Waals surface area contributed by atoms with Gasteiger partial charge < -0.3 is 41.2 Å². The summed E-state index contributed by atoms with van der Waals surface area (Å²) >= 11 is 0. The number of ether oxygens (including phenoxy) is 2. The van der Waals surface area contributed by atoms with Gasteiger partial charge in [0.05, 0.1) is 48.7 Å². The van der Waals surface area contributed by atoms with Gasteiger partial charge in [-0.15, -0.1) is 0 Å². The number of carboxylic acid groups (broad SMARTS) is 1. The van der Waals surface area contributed by atoms with E-state index in [1.165, 1.54) is 6.20 Å². The third-order valence-electron chi connectivity index (χ3n) is 7.69. The molecule has 1 aliphatic heterocycles. The third-order valence-corrected chi connectivity index (χ3v) is 7.69. The highest BCUT2D eigenvalue weighted by Crippen LogP contribution is 2.29. The Bertz CT molecular complexity index is 1630. The summed E-state index contributed by atoms with van der Waals surface area (Å²) in [6.07, 6.45) is 4.91. The molecule has 3 amide bonds. The maximum atomic E-state index is 13.4. The van der Waals surface area contributed by atoms with E-state index in [0.29, 0.717) is 43.1 Å². The normalized spacial score (nSPS) is 15.2. The number of pyridine rings is 1. The number of nitrogens with one attached hydrogen (secondary N) is 3. The molecule has 1 aromatic carbocycles. The number of carbonyl (C=O) groups is 4. The summed E-state index contributed by atoms with van der Waals surface area (Å²) < 4.78 is 10.9. The van der Waals surface area contributed by atoms with E-state index in [9.17, 15) is 19.2 Å². The number of hydrogen-bond donors (Lipinski definition) is 5. The highest BCUT2D eigenvalue weighted by molar-refractivity contribution is 6.07. The quantitative estimate of drug-likeness (QED) is 0.176. The number of nitrogens with zero attached hydrogens (tertiary/aromatic N) is 4. The van der Waals surface area contributed by atoms with Crippen LogP contribution in [0.15, 0.2) is 48.9 Å². The average Bonchev–Trinajstić information content (AvgIpc) is 3.06. The van der Waals surface area contributed by atoms with E-state index < -0.39 is 35.5 Å². The summed E-state index contributed by atoms with van der Waals surface area (Å²) in [6, 6.07) is 8.31. The van der Waals surface area contributed by atoms with Gasteiger partial charge in [0.1, 0.15) is 11.6 Å². The van der Waals surface area contributed by atoms with Gasteiger partial charge in [0, 0.05) is 31.3 Å². The van der Waals surface area contributed by atoms with Crippen LogP contribution in [0.1, 0.15) is 63.0 Å². The first-order valence-corrected chi connectivity index (χ1v) is 16.1. The molecule has 2 atom stereocenters. The molecule has 4 rings (SSSR count). The van der Waals surface area contributed by atoms with E-state index in [4.69, 9.17) is 20.3 Å². The van der Waals surface area contributed by atoms with Crippen molar-refractivity contribution in [2.45, 2.75) is 71.1 Å². The molecule has 0 bridgehead atoms. The average molecular weight is 677 g/mol. The number of aromatic nitrogens is 3. The Labute approximate surface area is 285 Å². The molecular formula is C34H44N8O7. The number of rotatable bonds is 13. The summed E-state index contributed by atoms with van der Waals surface area (Å²) in [5.41, 5.74) is 8.69. The number of aliphatic carboxylic acids is 1. The molecule has 0 radical (unpaired) electrons. The minimum absolute atomic E-state index is 0.0142. The zero-order chi connectivity index (χ0) is 35.6. The van der Waals surface area contributed by atoms with E-state index in [2.05, 4.69) is 42.7 Å². The molecule has 3 aromatic rings. The molecule has 1 aliphatic rings. The molecule has 15 heteroatoms. The lowest BCUT2D eigenvalue weighted by atomic mass is 10.1. The van der Waals surface area contributed by atoms with Crippen molar-refractivity contribution < 1.29 is 33.8 Å². The highest BCUT2D eigenvalue weighted by Gasteiger charge is 2.26. The fourth-order valence-corrected chi connectivity index (χ4v) is 5.21. The lowest BCUT2D eigenvalue weighted by Crippen LogP contribution is -2.48. The molecule has 3 heterocycles. The van der Waals surface area contributed by atoms with E-state index in [-0.39, 0.29) is 36.9 Å². The van der Waals surface area contributed by atoms with Crippen molar-refractivity contribution in [3.05, 3.63) is 60.2 Å². The number of carbonyl (C=O) groups excluding carboxylic acids is 3. The second-order valence-corrected chi connectivity index (χ2v) is 12.5. The molecule has 0 saturated carbocycles. The Morgan fingerprint density at radius 2 is 1.90 bits per heavy atom. The number of benzene rings is 1. The largest absolute Gasteiger partial charge is 0.481 e. The standard InChI is InChI=1S/C34H44N8O7/c1-5-23-20-48-17-16-42(23)27-13-14-36-18-26(27)40-32(46)29-30(35)38-19-25(39-29)22-8-6-21(7-9-22)12-15-37-31(45)24(10-11-28(43)44)41-33(47)49-34(2,3)4/h6-9,13-14,18-19,23-24H,5,10-12,15-17,20H2,1-4H3,(H2,35,38)(H,37,45)(H,40,46)(H,41,47)(H,43,44)/t23?,24-/m0/s1. The van der Waals surface area contributed by atoms with Crippen LogP contribution in [-0.4, -0.2) is 87.9 Å². The van der Waals surface area contributed by atoms with Crippen LogP contribution in [0.4, 0.5) is 22.0 Å². The molecule has 1 saturated heterocycles. The second-order valence-electron chi connectivity index (χ2n) is 12.5. The Hall–Kier alpha value is -5.31. The maximum absolute atomic E-state index is 13.4. The van der Waals surface area contributed by atoms with Crippen molar-refractivity contribution in [2.75, 3.05) is 42.3 Å². The minimum Gasteiger partial charge on any atom is -0.481 e. The predicted molar refractivity (Wildman–Crippen MR) is 183 cm³/mol. The Morgan fingerprint density at radius 3 is 2.59 bits per heavy atom. The number of amides is 3. The van der Waals surface area contributed by atoms with Crippen molar-refractivity contribution in [3.63, 3.8) is 0 Å². The zero-order valence-electron chi connectivity index (χ0n) is 28.2. The maximum Gasteiger partial charge on any atom is 0.408 e. The minimum atomic E-state index is -1.08. The van der Waals surface area contributed by atoms with Gasteiger partial charge in [-0.05, 0) is 51.7 Å². The van der Waals surface area contributed by atoms with E-state index >= 15 is 0 Å². The molecular weight excluding hydrogens is 632 g/mol. The molecule has 0 aliphatic carbocycles. The molecule has 6 N–H and O–H groups in total. The van der Waals surface area contributed by atoms with Crippen molar-refractivity contribution >= 4 is 41.1 Å². The number of nitrogens with two attached hydrogens (primary N) is 1. The number of alkyl carbamates (subject to hydrolysis) is 1. The molecule has 262 valence electrons. The van der Waals surface area contributed by atoms with Gasteiger partial charge in [0.2, 0.25) is 5.91 Å². The molecule has 49 heavy (non-hydrogen) atoms. The zero-order valence-corrected chi connectivity index (χ0v) is 28.2. The lowest BCUT2D eigenvalue weighted by Gasteiger charge is -2.37. The van der Waals surface area contributed by atoms with Crippen LogP contribution >= 0.6 is 0 Å². The summed E-state index contributed by atoms with van der Waals surface area (Å²) in [4.78, 5) is 64.7. The van der Waals surface area contributed by atoms with Crippen LogP contribution in [0.2, 0.25) is 0 Å². The van der Waals surface area contributed by atoms with Gasteiger partial charge in [-0.25, -0.2) is 14.8 Å². The Morgan fingerprint density at radius 1 is 1.14 bits per heavy atom. The molecule has 0 spiro atoms. The Kier molecular flexibility index (Phi) is 12.4. The van der Waals surface area contributed by atoms with E-state index in [1.54, 1.807) is 33.2 Å². The first kappa shape index (κ1) is 36.5. The molecule has 1 fully saturated rings. The van der Waals surface area contributed by atoms with Crippen LogP contribution in [0.25, 0.3) is 11.3 Å². The third kappa shape index (κ3) is 10.6. The van der Waals surface area contributed by atoms with Crippen LogP contribution in [0.3, 0.4) is 0 Å². The smallest absolute Gasteiger partial charge is 0.408 e. The fourth-order valence-electron chi connectivity index (χ4n) is 5.21. The van der Waals surface area contributed by atoms with Crippen molar-refractivity contribution in [1.82, 2.24) is 25.6 Å². The summed E-state index contributed by atoms with van der Waals surface area (Å²) in [5, 5.41) is 17.2. The van der Waals surface area contributed by atoms with E-state index in [0.717, 1.165) is 17.7 Å². The predicted octanol–water partition coefficient (Wildman–Crippen LogP) is 3.41.